The Morgan fingerprint density at radius 2 is 1.89 bits per heavy atom. The number of aromatic carboxylic acids is 1. The summed E-state index contributed by atoms with van der Waals surface area (Å²) in [6.07, 6.45) is 2.74. The number of benzene rings is 1. The number of aromatic nitrogens is 2. The second kappa shape index (κ2) is 8.14. The number of hydrogen-bond acceptors (Lipinski definition) is 4. The molecule has 1 amide bonds. The molecule has 150 valence electrons. The molecule has 3 atom stereocenters. The fourth-order valence-corrected chi connectivity index (χ4v) is 3.83. The summed E-state index contributed by atoms with van der Waals surface area (Å²) >= 11 is 0. The fraction of sp³-hybridized carbons (Fsp3) is 0.476. The van der Waals surface area contributed by atoms with Crippen molar-refractivity contribution in [3.8, 4) is 5.69 Å². The van der Waals surface area contributed by atoms with E-state index in [0.29, 0.717) is 24.4 Å². The molecule has 1 aromatic carbocycles. The van der Waals surface area contributed by atoms with Gasteiger partial charge in [0.1, 0.15) is 5.56 Å². The normalized spacial score (nSPS) is 22.2. The van der Waals surface area contributed by atoms with Crippen LogP contribution in [-0.2, 0) is 4.79 Å². The van der Waals surface area contributed by atoms with Gasteiger partial charge in [-0.2, -0.15) is 0 Å². The first-order chi connectivity index (χ1) is 13.3. The smallest absolute Gasteiger partial charge is 0.341 e. The van der Waals surface area contributed by atoms with Crippen LogP contribution < -0.4 is 4.90 Å². The molecule has 1 heterocycles. The highest BCUT2D eigenvalue weighted by atomic mass is 16.4. The molecule has 0 radical (unpaired) electrons. The van der Waals surface area contributed by atoms with Crippen LogP contribution in [0.1, 0.15) is 50.4 Å². The third-order valence-corrected chi connectivity index (χ3v) is 5.32. The van der Waals surface area contributed by atoms with Gasteiger partial charge >= 0.3 is 5.97 Å². The van der Waals surface area contributed by atoms with E-state index in [0.717, 1.165) is 6.42 Å². The van der Waals surface area contributed by atoms with E-state index in [-0.39, 0.29) is 23.3 Å². The maximum Gasteiger partial charge on any atom is 0.341 e. The molecule has 7 heteroatoms. The topological polar surface area (TPSA) is 95.7 Å². The van der Waals surface area contributed by atoms with Gasteiger partial charge < -0.3 is 10.2 Å². The zero-order valence-electron chi connectivity index (χ0n) is 16.4. The quantitative estimate of drug-likeness (QED) is 0.824. The van der Waals surface area contributed by atoms with E-state index >= 15 is 0 Å². The first-order valence-electron chi connectivity index (χ1n) is 9.69. The van der Waals surface area contributed by atoms with Crippen LogP contribution in [0, 0.1) is 11.8 Å². The van der Waals surface area contributed by atoms with Crippen molar-refractivity contribution < 1.29 is 19.8 Å². The predicted molar refractivity (Wildman–Crippen MR) is 106 cm³/mol. The van der Waals surface area contributed by atoms with Crippen molar-refractivity contribution in [1.29, 1.82) is 0 Å². The second-order valence-corrected chi connectivity index (χ2v) is 7.85. The van der Waals surface area contributed by atoms with Crippen LogP contribution in [0.4, 0.5) is 5.82 Å². The summed E-state index contributed by atoms with van der Waals surface area (Å²) in [7, 11) is 0. The molecular weight excluding hydrogens is 358 g/mol. The predicted octanol–water partition coefficient (Wildman–Crippen LogP) is 3.11. The molecule has 0 aliphatic heterocycles. The Labute approximate surface area is 164 Å². The zero-order chi connectivity index (χ0) is 20.4. The molecule has 2 aromatic rings. The van der Waals surface area contributed by atoms with E-state index in [2.05, 4.69) is 12.0 Å². The lowest BCUT2D eigenvalue weighted by atomic mass is 9.80. The molecular formula is C21H27N3O4. The van der Waals surface area contributed by atoms with Gasteiger partial charge in [-0.25, -0.2) is 9.48 Å². The average molecular weight is 385 g/mol. The van der Waals surface area contributed by atoms with Crippen LogP contribution in [-0.4, -0.2) is 44.0 Å². The number of aliphatic hydroxyl groups is 1. The maximum absolute atomic E-state index is 13.3. The van der Waals surface area contributed by atoms with Crippen molar-refractivity contribution in [2.75, 3.05) is 4.90 Å². The van der Waals surface area contributed by atoms with Crippen molar-refractivity contribution in [3.63, 3.8) is 0 Å². The summed E-state index contributed by atoms with van der Waals surface area (Å²) in [6, 6.07) is 8.87. The van der Waals surface area contributed by atoms with Crippen LogP contribution in [0.3, 0.4) is 0 Å². The number of carbonyl (C=O) groups excluding carboxylic acids is 1. The molecule has 0 saturated heterocycles. The van der Waals surface area contributed by atoms with Gasteiger partial charge in [0.05, 0.1) is 17.7 Å². The molecule has 7 nitrogen and oxygen atoms in total. The van der Waals surface area contributed by atoms with Crippen molar-refractivity contribution in [2.24, 2.45) is 11.8 Å². The third kappa shape index (κ3) is 3.94. The SMILES string of the molecule is CC(C)N(C(=O)[C@H]1CC[C@H](C)C[C@H]1O)c1nn(-c2ccccc2)cc1C(=O)O. The summed E-state index contributed by atoms with van der Waals surface area (Å²) in [5.74, 6) is -1.47. The lowest BCUT2D eigenvalue weighted by Gasteiger charge is -2.35. The lowest BCUT2D eigenvalue weighted by molar-refractivity contribution is -0.128. The van der Waals surface area contributed by atoms with E-state index in [1.54, 1.807) is 0 Å². The third-order valence-electron chi connectivity index (χ3n) is 5.32. The van der Waals surface area contributed by atoms with Crippen molar-refractivity contribution >= 4 is 17.7 Å². The number of aliphatic hydroxyl groups excluding tert-OH is 1. The Bertz CT molecular complexity index is 847. The Hall–Kier alpha value is -2.67. The average Bonchev–Trinajstić information content (AvgIpc) is 3.07. The number of hydrogen-bond donors (Lipinski definition) is 2. The number of carboxylic acids is 1. The fourth-order valence-electron chi connectivity index (χ4n) is 3.83. The standard InChI is InChI=1S/C21H27N3O4/c1-13(2)24(20(26)16-10-9-14(3)11-18(16)25)19-17(21(27)28)12-23(22-19)15-7-5-4-6-8-15/h4-8,12-14,16,18,25H,9-11H2,1-3H3,(H,27,28)/t14-,16-,18+/m0/s1. The highest BCUT2D eigenvalue weighted by molar-refractivity contribution is 6.02. The summed E-state index contributed by atoms with van der Waals surface area (Å²) in [5, 5.41) is 24.6. The molecule has 1 saturated carbocycles. The molecule has 0 unspecified atom stereocenters. The first kappa shape index (κ1) is 20.1. The number of carboxylic acid groups (broad SMARTS) is 1. The summed E-state index contributed by atoms with van der Waals surface area (Å²) in [4.78, 5) is 26.6. The van der Waals surface area contributed by atoms with E-state index in [1.807, 2.05) is 44.2 Å². The Morgan fingerprint density at radius 3 is 2.46 bits per heavy atom. The Kier molecular flexibility index (Phi) is 5.84. The van der Waals surface area contributed by atoms with Crippen LogP contribution in [0.25, 0.3) is 5.69 Å². The van der Waals surface area contributed by atoms with Crippen LogP contribution in [0.2, 0.25) is 0 Å². The zero-order valence-corrected chi connectivity index (χ0v) is 16.4. The van der Waals surface area contributed by atoms with Crippen LogP contribution >= 0.6 is 0 Å². The van der Waals surface area contributed by atoms with E-state index in [1.165, 1.54) is 15.8 Å². The van der Waals surface area contributed by atoms with Crippen molar-refractivity contribution in [2.45, 2.75) is 52.2 Å². The van der Waals surface area contributed by atoms with Gasteiger partial charge in [0.25, 0.3) is 0 Å². The molecule has 1 fully saturated rings. The number of rotatable bonds is 5. The number of nitrogens with zero attached hydrogens (tertiary/aromatic N) is 3. The molecule has 3 rings (SSSR count). The minimum Gasteiger partial charge on any atom is -0.477 e. The van der Waals surface area contributed by atoms with Gasteiger partial charge in [0.2, 0.25) is 5.91 Å². The Morgan fingerprint density at radius 1 is 1.21 bits per heavy atom. The van der Waals surface area contributed by atoms with Gasteiger partial charge in [-0.05, 0) is 51.2 Å². The van der Waals surface area contributed by atoms with Gasteiger partial charge in [0, 0.05) is 12.2 Å². The van der Waals surface area contributed by atoms with Crippen LogP contribution in [0.5, 0.6) is 0 Å². The molecule has 1 aliphatic carbocycles. The highest BCUT2D eigenvalue weighted by Gasteiger charge is 2.38. The maximum atomic E-state index is 13.3. The van der Waals surface area contributed by atoms with E-state index in [4.69, 9.17) is 0 Å². The number of carbonyl (C=O) groups is 2. The van der Waals surface area contributed by atoms with Crippen molar-refractivity contribution in [3.05, 3.63) is 42.1 Å². The first-order valence-corrected chi connectivity index (χ1v) is 9.69. The minimum atomic E-state index is -1.14. The van der Waals surface area contributed by atoms with Gasteiger partial charge in [0.15, 0.2) is 5.82 Å². The van der Waals surface area contributed by atoms with E-state index in [9.17, 15) is 19.8 Å². The summed E-state index contributed by atoms with van der Waals surface area (Å²) in [5.41, 5.74) is 0.670. The Balaban J connectivity index is 2.01. The van der Waals surface area contributed by atoms with E-state index < -0.39 is 18.0 Å². The summed E-state index contributed by atoms with van der Waals surface area (Å²) < 4.78 is 1.47. The minimum absolute atomic E-state index is 0.0374. The second-order valence-electron chi connectivity index (χ2n) is 7.85. The summed E-state index contributed by atoms with van der Waals surface area (Å²) in [6.45, 7) is 5.71. The van der Waals surface area contributed by atoms with Crippen LogP contribution in [0.15, 0.2) is 36.5 Å². The monoisotopic (exact) mass is 385 g/mol. The molecule has 28 heavy (non-hydrogen) atoms. The highest BCUT2D eigenvalue weighted by Crippen LogP contribution is 2.33. The van der Waals surface area contributed by atoms with Gasteiger partial charge in [-0.15, -0.1) is 5.10 Å². The lowest BCUT2D eigenvalue weighted by Crippen LogP contribution is -2.47. The number of anilines is 1. The number of amides is 1. The molecule has 0 spiro atoms. The molecule has 0 bridgehead atoms. The molecule has 1 aromatic heterocycles. The number of para-hydroxylation sites is 1. The molecule has 2 N–H and O–H groups in total. The van der Waals surface area contributed by atoms with Gasteiger partial charge in [-0.3, -0.25) is 9.69 Å². The largest absolute Gasteiger partial charge is 0.477 e. The van der Waals surface area contributed by atoms with Crippen molar-refractivity contribution in [1.82, 2.24) is 9.78 Å². The molecule has 1 aliphatic rings. The van der Waals surface area contributed by atoms with Gasteiger partial charge in [-0.1, -0.05) is 25.1 Å².